The molecule has 0 radical (unpaired) electrons. The molecule has 0 aliphatic rings. The van der Waals surface area contributed by atoms with E-state index in [1.54, 1.807) is 6.21 Å². The maximum absolute atomic E-state index is 11.9. The second-order valence-electron chi connectivity index (χ2n) is 6.11. The second-order valence-corrected chi connectivity index (χ2v) is 6.11. The minimum absolute atomic E-state index is 0.0645. The van der Waals surface area contributed by atoms with Gasteiger partial charge in [-0.1, -0.05) is 11.6 Å². The molecule has 0 atom stereocenters. The number of allylic oxidation sites excluding steroid dienone is 1. The number of hydrogen-bond donors (Lipinski definition) is 1. The Kier molecular flexibility index (Phi) is 7.26. The third-order valence-electron chi connectivity index (χ3n) is 3.15. The Bertz CT molecular complexity index is 630. The predicted octanol–water partition coefficient (Wildman–Crippen LogP) is 3.46. The Morgan fingerprint density at radius 2 is 1.96 bits per heavy atom. The quantitative estimate of drug-likeness (QED) is 0.341. The molecule has 0 saturated carbocycles. The van der Waals surface area contributed by atoms with Crippen molar-refractivity contribution in [2.24, 2.45) is 5.10 Å². The van der Waals surface area contributed by atoms with Crippen molar-refractivity contribution in [3.63, 3.8) is 0 Å². The lowest BCUT2D eigenvalue weighted by molar-refractivity contribution is -0.384. The van der Waals surface area contributed by atoms with Gasteiger partial charge in [-0.2, -0.15) is 5.10 Å². The van der Waals surface area contributed by atoms with Gasteiger partial charge in [-0.15, -0.1) is 0 Å². The van der Waals surface area contributed by atoms with Crippen LogP contribution in [0.1, 0.15) is 44.5 Å². The molecule has 1 N–H and O–H groups in total. The average molecular weight is 333 g/mol. The van der Waals surface area contributed by atoms with Gasteiger partial charge in [-0.05, 0) is 39.8 Å². The van der Waals surface area contributed by atoms with E-state index >= 15 is 0 Å². The zero-order valence-corrected chi connectivity index (χ0v) is 14.4. The predicted molar refractivity (Wildman–Crippen MR) is 93.1 cm³/mol. The van der Waals surface area contributed by atoms with Crippen LogP contribution in [0.25, 0.3) is 0 Å². The van der Waals surface area contributed by atoms with Gasteiger partial charge in [0.05, 0.1) is 17.1 Å². The number of benzene rings is 1. The molecule has 0 saturated heterocycles. The first-order valence-corrected chi connectivity index (χ1v) is 7.55. The molecule has 0 unspecified atom stereocenters. The second kappa shape index (κ2) is 8.93. The van der Waals surface area contributed by atoms with Gasteiger partial charge < -0.3 is 4.74 Å². The Balaban J connectivity index is 2.47. The summed E-state index contributed by atoms with van der Waals surface area (Å²) in [6.45, 7) is 8.42. The summed E-state index contributed by atoms with van der Waals surface area (Å²) >= 11 is 0. The van der Waals surface area contributed by atoms with Gasteiger partial charge in [0.1, 0.15) is 0 Å². The van der Waals surface area contributed by atoms with E-state index in [4.69, 9.17) is 4.74 Å². The minimum Gasteiger partial charge on any atom is -0.371 e. The summed E-state index contributed by atoms with van der Waals surface area (Å²) < 4.78 is 5.72. The SMILES string of the molecule is CC(C)=CCOC(C)(C)C/C=N/NC(=O)c1ccc([N+](=O)[O-])cc1. The molecule has 1 aromatic carbocycles. The fraction of sp³-hybridized carbons (Fsp3) is 0.412. The Morgan fingerprint density at radius 3 is 2.50 bits per heavy atom. The zero-order valence-electron chi connectivity index (χ0n) is 14.4. The van der Waals surface area contributed by atoms with E-state index in [1.165, 1.54) is 29.8 Å². The molecule has 0 spiro atoms. The zero-order chi connectivity index (χ0) is 18.2. The van der Waals surface area contributed by atoms with Crippen molar-refractivity contribution in [2.75, 3.05) is 6.61 Å². The van der Waals surface area contributed by atoms with E-state index in [0.717, 1.165) is 0 Å². The third kappa shape index (κ3) is 7.15. The monoisotopic (exact) mass is 333 g/mol. The van der Waals surface area contributed by atoms with Crippen LogP contribution < -0.4 is 5.43 Å². The highest BCUT2D eigenvalue weighted by molar-refractivity contribution is 5.94. The number of nitro benzene ring substituents is 1. The summed E-state index contributed by atoms with van der Waals surface area (Å²) in [5.74, 6) is -0.426. The van der Waals surface area contributed by atoms with Crippen molar-refractivity contribution in [3.8, 4) is 0 Å². The van der Waals surface area contributed by atoms with Crippen LogP contribution in [0, 0.1) is 10.1 Å². The van der Waals surface area contributed by atoms with Crippen LogP contribution in [0.2, 0.25) is 0 Å². The molecule has 0 fully saturated rings. The van der Waals surface area contributed by atoms with Crippen molar-refractivity contribution in [1.82, 2.24) is 5.43 Å². The lowest BCUT2D eigenvalue weighted by Crippen LogP contribution is -2.26. The number of nitro groups is 1. The van der Waals surface area contributed by atoms with Crippen molar-refractivity contribution in [3.05, 3.63) is 51.6 Å². The van der Waals surface area contributed by atoms with Crippen LogP contribution in [0.4, 0.5) is 5.69 Å². The van der Waals surface area contributed by atoms with E-state index in [-0.39, 0.29) is 5.69 Å². The first-order chi connectivity index (χ1) is 11.2. The largest absolute Gasteiger partial charge is 0.371 e. The fourth-order valence-corrected chi connectivity index (χ4v) is 1.66. The molecule has 24 heavy (non-hydrogen) atoms. The third-order valence-corrected chi connectivity index (χ3v) is 3.15. The molecule has 0 aliphatic carbocycles. The first kappa shape index (κ1) is 19.5. The molecular weight excluding hydrogens is 310 g/mol. The number of amides is 1. The maximum Gasteiger partial charge on any atom is 0.271 e. The number of carbonyl (C=O) groups excluding carboxylic acids is 1. The summed E-state index contributed by atoms with van der Waals surface area (Å²) in [4.78, 5) is 21.9. The lowest BCUT2D eigenvalue weighted by Gasteiger charge is -2.22. The summed E-state index contributed by atoms with van der Waals surface area (Å²) in [5.41, 5.74) is 3.42. The van der Waals surface area contributed by atoms with Gasteiger partial charge in [0, 0.05) is 30.3 Å². The van der Waals surface area contributed by atoms with Crippen molar-refractivity contribution >= 4 is 17.8 Å². The number of carbonyl (C=O) groups is 1. The molecule has 0 aliphatic heterocycles. The van der Waals surface area contributed by atoms with Gasteiger partial charge in [0.15, 0.2) is 0 Å². The van der Waals surface area contributed by atoms with Gasteiger partial charge in [0.2, 0.25) is 0 Å². The molecule has 1 aromatic rings. The number of non-ortho nitro benzene ring substituents is 1. The highest BCUT2D eigenvalue weighted by Crippen LogP contribution is 2.13. The minimum atomic E-state index is -0.517. The van der Waals surface area contributed by atoms with Crippen LogP contribution in [-0.4, -0.2) is 29.3 Å². The topological polar surface area (TPSA) is 93.8 Å². The molecule has 0 heterocycles. The molecular formula is C17H23N3O4. The Morgan fingerprint density at radius 1 is 1.33 bits per heavy atom. The molecule has 1 amide bonds. The van der Waals surface area contributed by atoms with Crippen molar-refractivity contribution in [2.45, 2.75) is 39.7 Å². The van der Waals surface area contributed by atoms with Crippen LogP contribution in [0.3, 0.4) is 0 Å². The van der Waals surface area contributed by atoms with Gasteiger partial charge in [-0.3, -0.25) is 14.9 Å². The van der Waals surface area contributed by atoms with Gasteiger partial charge in [0.25, 0.3) is 11.6 Å². The average Bonchev–Trinajstić information content (AvgIpc) is 2.51. The summed E-state index contributed by atoms with van der Waals surface area (Å²) in [7, 11) is 0. The lowest BCUT2D eigenvalue weighted by atomic mass is 10.1. The molecule has 130 valence electrons. The van der Waals surface area contributed by atoms with Crippen LogP contribution in [0.15, 0.2) is 41.0 Å². The summed E-state index contributed by atoms with van der Waals surface area (Å²) in [6.07, 6.45) is 4.10. The molecule has 7 heteroatoms. The van der Waals surface area contributed by atoms with Gasteiger partial charge in [-0.25, -0.2) is 5.43 Å². The number of rotatable bonds is 8. The highest BCUT2D eigenvalue weighted by Gasteiger charge is 2.16. The molecule has 1 rings (SSSR count). The highest BCUT2D eigenvalue weighted by atomic mass is 16.6. The number of hydrazone groups is 1. The number of nitrogens with zero attached hydrogens (tertiary/aromatic N) is 2. The van der Waals surface area contributed by atoms with E-state index in [2.05, 4.69) is 10.5 Å². The van der Waals surface area contributed by atoms with Crippen LogP contribution >= 0.6 is 0 Å². The number of nitrogens with one attached hydrogen (secondary N) is 1. The number of ether oxygens (including phenoxy) is 1. The maximum atomic E-state index is 11.9. The van der Waals surface area contributed by atoms with Crippen LogP contribution in [-0.2, 0) is 4.74 Å². The van der Waals surface area contributed by atoms with E-state index in [0.29, 0.717) is 18.6 Å². The van der Waals surface area contributed by atoms with Crippen molar-refractivity contribution in [1.29, 1.82) is 0 Å². The molecule has 0 aromatic heterocycles. The van der Waals surface area contributed by atoms with Gasteiger partial charge >= 0.3 is 0 Å². The van der Waals surface area contributed by atoms with E-state index in [1.807, 2.05) is 33.8 Å². The summed E-state index contributed by atoms with van der Waals surface area (Å²) in [6, 6.07) is 5.32. The number of hydrogen-bond acceptors (Lipinski definition) is 5. The fourth-order valence-electron chi connectivity index (χ4n) is 1.66. The van der Waals surface area contributed by atoms with E-state index < -0.39 is 16.4 Å². The van der Waals surface area contributed by atoms with Crippen LogP contribution in [0.5, 0.6) is 0 Å². The van der Waals surface area contributed by atoms with E-state index in [9.17, 15) is 14.9 Å². The Labute approximate surface area is 141 Å². The Hall–Kier alpha value is -2.54. The smallest absolute Gasteiger partial charge is 0.271 e. The van der Waals surface area contributed by atoms with Crippen molar-refractivity contribution < 1.29 is 14.5 Å². The summed E-state index contributed by atoms with van der Waals surface area (Å²) in [5, 5.41) is 14.4. The molecule has 7 nitrogen and oxygen atoms in total. The first-order valence-electron chi connectivity index (χ1n) is 7.55. The standard InChI is InChI=1S/C17H23N3O4/c1-13(2)9-12-24-17(3,4)10-11-18-19-16(21)14-5-7-15(8-6-14)20(22)23/h5-9,11H,10,12H2,1-4H3,(H,19,21)/b18-11+. The molecule has 0 bridgehead atoms. The normalized spacial score (nSPS) is 11.3.